The molecule has 0 radical (unpaired) electrons. The first-order chi connectivity index (χ1) is 16.4. The molecule has 0 fully saturated rings. The number of amides is 3. The SMILES string of the molecule is CCC(C)(C)N(C(=O)C(CCSC)NC(=O)OC(C)(C)C)C(C(=O)NC(C)(C)C)c1ccccc1O. The van der Waals surface area contributed by atoms with Gasteiger partial charge in [0, 0.05) is 16.6 Å². The molecule has 2 atom stereocenters. The second kappa shape index (κ2) is 12.7. The van der Waals surface area contributed by atoms with Crippen LogP contribution >= 0.6 is 11.8 Å². The van der Waals surface area contributed by atoms with Crippen molar-refractivity contribution in [2.75, 3.05) is 12.0 Å². The fourth-order valence-corrected chi connectivity index (χ4v) is 4.08. The second-order valence-corrected chi connectivity index (χ2v) is 12.5. The van der Waals surface area contributed by atoms with Crippen molar-refractivity contribution in [3.05, 3.63) is 29.8 Å². The van der Waals surface area contributed by atoms with Crippen molar-refractivity contribution >= 4 is 29.7 Å². The summed E-state index contributed by atoms with van der Waals surface area (Å²) in [5.41, 5.74) is -1.77. The van der Waals surface area contributed by atoms with E-state index in [1.807, 2.05) is 47.8 Å². The average Bonchev–Trinajstić information content (AvgIpc) is 2.72. The molecule has 1 aromatic carbocycles. The minimum Gasteiger partial charge on any atom is -0.508 e. The number of thioether (sulfide) groups is 1. The van der Waals surface area contributed by atoms with Gasteiger partial charge in [0.2, 0.25) is 11.8 Å². The van der Waals surface area contributed by atoms with Gasteiger partial charge < -0.3 is 25.4 Å². The van der Waals surface area contributed by atoms with E-state index in [-0.39, 0.29) is 5.75 Å². The van der Waals surface area contributed by atoms with Crippen LogP contribution in [-0.4, -0.2) is 62.6 Å². The maximum atomic E-state index is 14.2. The zero-order valence-electron chi connectivity index (χ0n) is 23.5. The van der Waals surface area contributed by atoms with Crippen molar-refractivity contribution in [1.29, 1.82) is 0 Å². The van der Waals surface area contributed by atoms with Gasteiger partial charge in [-0.2, -0.15) is 11.8 Å². The van der Waals surface area contributed by atoms with Gasteiger partial charge in [0.15, 0.2) is 0 Å². The largest absolute Gasteiger partial charge is 0.508 e. The molecule has 0 heterocycles. The molecular weight excluding hydrogens is 478 g/mol. The summed E-state index contributed by atoms with van der Waals surface area (Å²) in [7, 11) is 0. The van der Waals surface area contributed by atoms with E-state index in [4.69, 9.17) is 4.74 Å². The molecule has 3 amide bonds. The molecule has 0 bridgehead atoms. The Morgan fingerprint density at radius 3 is 2.11 bits per heavy atom. The number of nitrogens with zero attached hydrogens (tertiary/aromatic N) is 1. The van der Waals surface area contributed by atoms with Gasteiger partial charge in [-0.05, 0) is 86.3 Å². The Morgan fingerprint density at radius 2 is 1.64 bits per heavy atom. The standard InChI is InChI=1S/C27H45N3O5S/c1-11-27(8,9)30(23(33)19(16-17-36-10)28-24(34)35-26(5,6)7)21(22(32)29-25(2,3)4)18-14-12-13-15-20(18)31/h12-15,19,21,31H,11,16-17H2,1-10H3,(H,28,34)(H,29,32). The highest BCUT2D eigenvalue weighted by Gasteiger charge is 2.44. The normalized spacial score (nSPS) is 13.9. The predicted molar refractivity (Wildman–Crippen MR) is 146 cm³/mol. The molecule has 2 unspecified atom stereocenters. The predicted octanol–water partition coefficient (Wildman–Crippen LogP) is 5.01. The van der Waals surface area contributed by atoms with Gasteiger partial charge in [0.05, 0.1) is 0 Å². The Kier molecular flexibility index (Phi) is 11.2. The molecule has 0 spiro atoms. The summed E-state index contributed by atoms with van der Waals surface area (Å²) in [4.78, 5) is 42.1. The van der Waals surface area contributed by atoms with Crippen LogP contribution < -0.4 is 10.6 Å². The molecule has 0 aliphatic carbocycles. The van der Waals surface area contributed by atoms with Crippen molar-refractivity contribution in [3.8, 4) is 5.75 Å². The third-order valence-electron chi connectivity index (χ3n) is 5.59. The number of carbonyl (C=O) groups is 3. The number of phenols is 1. The third kappa shape index (κ3) is 9.56. The summed E-state index contributed by atoms with van der Waals surface area (Å²) in [5, 5.41) is 16.4. The minimum atomic E-state index is -1.12. The highest BCUT2D eigenvalue weighted by molar-refractivity contribution is 7.98. The number of hydrogen-bond donors (Lipinski definition) is 3. The number of benzene rings is 1. The zero-order valence-corrected chi connectivity index (χ0v) is 24.3. The average molecular weight is 524 g/mol. The van der Waals surface area contributed by atoms with Crippen LogP contribution in [0.4, 0.5) is 4.79 Å². The van der Waals surface area contributed by atoms with Gasteiger partial charge in [0.1, 0.15) is 23.4 Å². The summed E-state index contributed by atoms with van der Waals surface area (Å²) >= 11 is 1.55. The van der Waals surface area contributed by atoms with Crippen LogP contribution in [0.2, 0.25) is 0 Å². The van der Waals surface area contributed by atoms with E-state index < -0.39 is 46.7 Å². The molecular formula is C27H45N3O5S. The van der Waals surface area contributed by atoms with E-state index in [9.17, 15) is 19.5 Å². The summed E-state index contributed by atoms with van der Waals surface area (Å²) in [6, 6.07) is 4.49. The lowest BCUT2D eigenvalue weighted by Gasteiger charge is -2.45. The second-order valence-electron chi connectivity index (χ2n) is 11.6. The maximum absolute atomic E-state index is 14.2. The van der Waals surface area contributed by atoms with Gasteiger partial charge in [-0.15, -0.1) is 0 Å². The number of hydrogen-bond acceptors (Lipinski definition) is 6. The lowest BCUT2D eigenvalue weighted by molar-refractivity contribution is -0.150. The van der Waals surface area contributed by atoms with Crippen molar-refractivity contribution < 1.29 is 24.2 Å². The molecule has 8 nitrogen and oxygen atoms in total. The van der Waals surface area contributed by atoms with Crippen LogP contribution in [0.15, 0.2) is 24.3 Å². The zero-order chi connectivity index (χ0) is 27.9. The Labute approximate surface area is 220 Å². The van der Waals surface area contributed by atoms with E-state index in [2.05, 4.69) is 10.6 Å². The third-order valence-corrected chi connectivity index (χ3v) is 6.23. The van der Waals surface area contributed by atoms with E-state index >= 15 is 0 Å². The summed E-state index contributed by atoms with van der Waals surface area (Å²) in [6.07, 6.45) is 2.11. The number of alkyl carbamates (subject to hydrolysis) is 1. The van der Waals surface area contributed by atoms with Gasteiger partial charge in [-0.1, -0.05) is 25.1 Å². The molecule has 36 heavy (non-hydrogen) atoms. The number of nitrogens with one attached hydrogen (secondary N) is 2. The number of phenolic OH excluding ortho intramolecular Hbond substituents is 1. The molecule has 1 aromatic rings. The molecule has 0 aromatic heterocycles. The van der Waals surface area contributed by atoms with Gasteiger partial charge in [-0.3, -0.25) is 9.59 Å². The first kappa shape index (κ1) is 31.6. The van der Waals surface area contributed by atoms with Crippen LogP contribution in [0.1, 0.15) is 86.8 Å². The Hall–Kier alpha value is -2.42. The maximum Gasteiger partial charge on any atom is 0.408 e. The number of para-hydroxylation sites is 1. The first-order valence-electron chi connectivity index (χ1n) is 12.3. The molecule has 1 rings (SSSR count). The summed E-state index contributed by atoms with van der Waals surface area (Å²) in [5.74, 6) is -0.307. The topological polar surface area (TPSA) is 108 Å². The summed E-state index contributed by atoms with van der Waals surface area (Å²) < 4.78 is 5.42. The fraction of sp³-hybridized carbons (Fsp3) is 0.667. The van der Waals surface area contributed by atoms with Gasteiger partial charge in [0.25, 0.3) is 0 Å². The molecule has 0 saturated carbocycles. The van der Waals surface area contributed by atoms with Crippen LogP contribution in [0.3, 0.4) is 0 Å². The molecule has 0 aliphatic heterocycles. The van der Waals surface area contributed by atoms with Crippen LogP contribution in [0.5, 0.6) is 5.75 Å². The van der Waals surface area contributed by atoms with E-state index in [1.165, 1.54) is 11.0 Å². The van der Waals surface area contributed by atoms with Crippen LogP contribution in [0.25, 0.3) is 0 Å². The van der Waals surface area contributed by atoms with Crippen molar-refractivity contribution in [2.24, 2.45) is 0 Å². The Morgan fingerprint density at radius 1 is 1.06 bits per heavy atom. The number of aromatic hydroxyl groups is 1. The lowest BCUT2D eigenvalue weighted by Crippen LogP contribution is -2.60. The molecule has 9 heteroatoms. The highest BCUT2D eigenvalue weighted by atomic mass is 32.2. The van der Waals surface area contributed by atoms with E-state index in [1.54, 1.807) is 50.7 Å². The van der Waals surface area contributed by atoms with E-state index in [0.717, 1.165) is 0 Å². The van der Waals surface area contributed by atoms with Crippen molar-refractivity contribution in [1.82, 2.24) is 15.5 Å². The monoisotopic (exact) mass is 523 g/mol. The Balaban J connectivity index is 3.66. The van der Waals surface area contributed by atoms with Gasteiger partial charge in [-0.25, -0.2) is 4.79 Å². The van der Waals surface area contributed by atoms with Crippen molar-refractivity contribution in [3.63, 3.8) is 0 Å². The number of ether oxygens (including phenoxy) is 1. The lowest BCUT2D eigenvalue weighted by atomic mass is 9.91. The van der Waals surface area contributed by atoms with Crippen LogP contribution in [-0.2, 0) is 14.3 Å². The molecule has 0 saturated heterocycles. The fourth-order valence-electron chi connectivity index (χ4n) is 3.61. The molecule has 3 N–H and O–H groups in total. The minimum absolute atomic E-state index is 0.0861. The number of rotatable bonds is 10. The Bertz CT molecular complexity index is 905. The quantitative estimate of drug-likeness (QED) is 0.398. The highest BCUT2D eigenvalue weighted by Crippen LogP contribution is 2.36. The van der Waals surface area contributed by atoms with E-state index in [0.29, 0.717) is 24.2 Å². The molecule has 204 valence electrons. The summed E-state index contributed by atoms with van der Waals surface area (Å²) in [6.45, 7) is 16.5. The van der Waals surface area contributed by atoms with Crippen molar-refractivity contribution in [2.45, 2.75) is 104 Å². The number of carbonyl (C=O) groups excluding carboxylic acids is 3. The molecule has 0 aliphatic rings. The van der Waals surface area contributed by atoms with Gasteiger partial charge >= 0.3 is 6.09 Å². The smallest absolute Gasteiger partial charge is 0.408 e. The van der Waals surface area contributed by atoms with Crippen LogP contribution in [0, 0.1) is 0 Å². The first-order valence-corrected chi connectivity index (χ1v) is 13.7.